The van der Waals surface area contributed by atoms with Crippen LogP contribution in [0.4, 0.5) is 0 Å². The van der Waals surface area contributed by atoms with E-state index in [9.17, 15) is 14.7 Å². The third-order valence-electron chi connectivity index (χ3n) is 5.28. The molecule has 2 aromatic rings. The second-order valence-electron chi connectivity index (χ2n) is 7.11. The number of hydrogen-bond acceptors (Lipinski definition) is 4. The van der Waals surface area contributed by atoms with Gasteiger partial charge < -0.3 is 14.7 Å². The molecule has 7 heteroatoms. The van der Waals surface area contributed by atoms with E-state index in [1.165, 1.54) is 4.90 Å². The molecule has 5 nitrogen and oxygen atoms in total. The minimum atomic E-state index is -0.788. The summed E-state index contributed by atoms with van der Waals surface area (Å²) in [4.78, 5) is 27.3. The lowest BCUT2D eigenvalue weighted by molar-refractivity contribution is -0.140. The number of benzene rings is 2. The van der Waals surface area contributed by atoms with E-state index in [1.807, 2.05) is 0 Å². The van der Waals surface area contributed by atoms with E-state index >= 15 is 0 Å². The highest BCUT2D eigenvalue weighted by atomic mass is 35.5. The lowest BCUT2D eigenvalue weighted by atomic mass is 9.95. The first kappa shape index (κ1) is 20.0. The zero-order valence-corrected chi connectivity index (χ0v) is 17.0. The number of aliphatic hydroxyl groups excluding tert-OH is 1. The number of carbonyl (C=O) groups excluding carboxylic acids is 2. The van der Waals surface area contributed by atoms with Crippen molar-refractivity contribution in [2.75, 3.05) is 13.2 Å². The molecular weight excluding hydrogens is 413 g/mol. The molecule has 150 valence electrons. The summed E-state index contributed by atoms with van der Waals surface area (Å²) >= 11 is 12.3. The molecule has 0 saturated carbocycles. The van der Waals surface area contributed by atoms with Crippen LogP contribution >= 0.6 is 23.2 Å². The fourth-order valence-electron chi connectivity index (χ4n) is 3.86. The third kappa shape index (κ3) is 3.78. The van der Waals surface area contributed by atoms with Crippen molar-refractivity contribution in [3.8, 4) is 0 Å². The number of Topliss-reactive ketones (excluding diaryl/α,β-unsaturated/α-hetero) is 1. The van der Waals surface area contributed by atoms with Crippen LogP contribution < -0.4 is 0 Å². The van der Waals surface area contributed by atoms with Gasteiger partial charge in [-0.3, -0.25) is 9.59 Å². The molecule has 2 heterocycles. The van der Waals surface area contributed by atoms with Crippen LogP contribution in [0, 0.1) is 0 Å². The van der Waals surface area contributed by atoms with Crippen LogP contribution in [0.25, 0.3) is 5.76 Å². The summed E-state index contributed by atoms with van der Waals surface area (Å²) in [6, 6.07) is 12.7. The van der Waals surface area contributed by atoms with E-state index in [2.05, 4.69) is 0 Å². The first-order valence-electron chi connectivity index (χ1n) is 9.37. The molecule has 2 atom stereocenters. The average Bonchev–Trinajstić information content (AvgIpc) is 3.31. The number of amides is 1. The number of ketones is 1. The van der Waals surface area contributed by atoms with Gasteiger partial charge in [-0.2, -0.15) is 0 Å². The molecule has 0 aromatic heterocycles. The Balaban J connectivity index is 1.84. The molecule has 2 aliphatic heterocycles. The van der Waals surface area contributed by atoms with Gasteiger partial charge in [-0.15, -0.1) is 0 Å². The summed E-state index contributed by atoms with van der Waals surface area (Å²) in [5.74, 6) is -1.65. The SMILES string of the molecule is O=C1C(=O)N(C[C@H]2CCCO2)[C@@H](c2ccccc2Cl)C1=C(O)c1ccc(Cl)cc1. The van der Waals surface area contributed by atoms with Gasteiger partial charge in [0.1, 0.15) is 5.76 Å². The molecule has 1 amide bonds. The van der Waals surface area contributed by atoms with Gasteiger partial charge in [0.2, 0.25) is 0 Å². The molecule has 2 fully saturated rings. The van der Waals surface area contributed by atoms with Crippen molar-refractivity contribution in [3.63, 3.8) is 0 Å². The Labute approximate surface area is 178 Å². The zero-order chi connectivity index (χ0) is 20.5. The summed E-state index contributed by atoms with van der Waals surface area (Å²) in [5, 5.41) is 11.9. The number of likely N-dealkylation sites (tertiary alicyclic amines) is 1. The first-order chi connectivity index (χ1) is 14.0. The summed E-state index contributed by atoms with van der Waals surface area (Å²) in [7, 11) is 0. The number of rotatable bonds is 4. The average molecular weight is 432 g/mol. The van der Waals surface area contributed by atoms with Gasteiger partial charge in [0.15, 0.2) is 0 Å². The third-order valence-corrected chi connectivity index (χ3v) is 5.88. The van der Waals surface area contributed by atoms with Crippen molar-refractivity contribution in [3.05, 3.63) is 75.3 Å². The van der Waals surface area contributed by atoms with E-state index in [4.69, 9.17) is 27.9 Å². The van der Waals surface area contributed by atoms with E-state index < -0.39 is 17.7 Å². The maximum atomic E-state index is 12.9. The molecule has 0 bridgehead atoms. The van der Waals surface area contributed by atoms with Gasteiger partial charge in [-0.05, 0) is 48.7 Å². The van der Waals surface area contributed by atoms with E-state index in [0.29, 0.717) is 27.8 Å². The molecule has 1 N–H and O–H groups in total. The largest absolute Gasteiger partial charge is 0.507 e. The van der Waals surface area contributed by atoms with Gasteiger partial charge in [-0.25, -0.2) is 0 Å². The fourth-order valence-corrected chi connectivity index (χ4v) is 4.22. The van der Waals surface area contributed by atoms with Crippen LogP contribution in [0.15, 0.2) is 54.1 Å². The van der Waals surface area contributed by atoms with Gasteiger partial charge in [0, 0.05) is 28.8 Å². The predicted molar refractivity (Wildman–Crippen MR) is 111 cm³/mol. The maximum absolute atomic E-state index is 12.9. The standard InChI is InChI=1S/C22H19Cl2NO4/c23-14-9-7-13(8-10-14)20(26)18-19(16-5-1-2-6-17(16)24)25(22(28)21(18)27)12-15-4-3-11-29-15/h1-2,5-10,15,19,26H,3-4,11-12H2/t15-,19+/m1/s1. The smallest absolute Gasteiger partial charge is 0.295 e. The summed E-state index contributed by atoms with van der Waals surface area (Å²) < 4.78 is 5.68. The Morgan fingerprint density at radius 2 is 1.83 bits per heavy atom. The molecule has 0 unspecified atom stereocenters. The van der Waals surface area contributed by atoms with Gasteiger partial charge in [0.05, 0.1) is 17.7 Å². The summed E-state index contributed by atoms with van der Waals surface area (Å²) in [5.41, 5.74) is 1.01. The normalized spacial score (nSPS) is 23.7. The number of ether oxygens (including phenoxy) is 1. The monoisotopic (exact) mass is 431 g/mol. The van der Waals surface area contributed by atoms with Crippen LogP contribution in [-0.2, 0) is 14.3 Å². The predicted octanol–water partition coefficient (Wildman–Crippen LogP) is 4.59. The minimum absolute atomic E-state index is 0.0171. The summed E-state index contributed by atoms with van der Waals surface area (Å²) in [6.07, 6.45) is 1.58. The maximum Gasteiger partial charge on any atom is 0.295 e. The molecule has 4 rings (SSSR count). The highest BCUT2D eigenvalue weighted by molar-refractivity contribution is 6.47. The Morgan fingerprint density at radius 1 is 1.10 bits per heavy atom. The number of aliphatic hydroxyl groups is 1. The molecule has 2 aromatic carbocycles. The van der Waals surface area contributed by atoms with E-state index in [0.717, 1.165) is 12.8 Å². The highest BCUT2D eigenvalue weighted by Crippen LogP contribution is 2.42. The lowest BCUT2D eigenvalue weighted by Crippen LogP contribution is -2.36. The van der Waals surface area contributed by atoms with Crippen molar-refractivity contribution in [1.82, 2.24) is 4.90 Å². The van der Waals surface area contributed by atoms with Crippen LogP contribution in [-0.4, -0.2) is 41.0 Å². The van der Waals surface area contributed by atoms with Crippen LogP contribution in [0.3, 0.4) is 0 Å². The number of carbonyl (C=O) groups is 2. The second-order valence-corrected chi connectivity index (χ2v) is 7.96. The summed E-state index contributed by atoms with van der Waals surface area (Å²) in [6.45, 7) is 0.897. The molecular formula is C22H19Cl2NO4. The van der Waals surface area contributed by atoms with Gasteiger partial charge in [-0.1, -0.05) is 41.4 Å². The zero-order valence-electron chi connectivity index (χ0n) is 15.5. The van der Waals surface area contributed by atoms with Gasteiger partial charge >= 0.3 is 0 Å². The van der Waals surface area contributed by atoms with Crippen molar-refractivity contribution >= 4 is 40.7 Å². The Morgan fingerprint density at radius 3 is 2.48 bits per heavy atom. The molecule has 0 aliphatic carbocycles. The highest BCUT2D eigenvalue weighted by Gasteiger charge is 2.47. The van der Waals surface area contributed by atoms with Crippen LogP contribution in [0.1, 0.15) is 30.0 Å². The Kier molecular flexibility index (Phi) is 5.63. The van der Waals surface area contributed by atoms with Crippen molar-refractivity contribution in [1.29, 1.82) is 0 Å². The quantitative estimate of drug-likeness (QED) is 0.436. The number of hydrogen-bond donors (Lipinski definition) is 1. The lowest BCUT2D eigenvalue weighted by Gasteiger charge is -2.28. The van der Waals surface area contributed by atoms with Gasteiger partial charge in [0.25, 0.3) is 11.7 Å². The fraction of sp³-hybridized carbons (Fsp3) is 0.273. The number of halogens is 2. The Bertz CT molecular complexity index is 981. The molecule has 0 radical (unpaired) electrons. The molecule has 2 aliphatic rings. The number of nitrogens with zero attached hydrogens (tertiary/aromatic N) is 1. The second kappa shape index (κ2) is 8.19. The van der Waals surface area contributed by atoms with Crippen LogP contribution in [0.2, 0.25) is 10.0 Å². The van der Waals surface area contributed by atoms with E-state index in [-0.39, 0.29) is 24.0 Å². The first-order valence-corrected chi connectivity index (χ1v) is 10.1. The molecule has 2 saturated heterocycles. The minimum Gasteiger partial charge on any atom is -0.507 e. The molecule has 0 spiro atoms. The molecule has 29 heavy (non-hydrogen) atoms. The van der Waals surface area contributed by atoms with Crippen molar-refractivity contribution in [2.24, 2.45) is 0 Å². The van der Waals surface area contributed by atoms with Crippen molar-refractivity contribution in [2.45, 2.75) is 25.0 Å². The van der Waals surface area contributed by atoms with E-state index in [1.54, 1.807) is 48.5 Å². The van der Waals surface area contributed by atoms with Crippen LogP contribution in [0.5, 0.6) is 0 Å². The Hall–Kier alpha value is -2.34. The van der Waals surface area contributed by atoms with Crippen molar-refractivity contribution < 1.29 is 19.4 Å². The topological polar surface area (TPSA) is 66.8 Å².